The van der Waals surface area contributed by atoms with Gasteiger partial charge >= 0.3 is 0 Å². The Bertz CT molecular complexity index is 927. The van der Waals surface area contributed by atoms with E-state index < -0.39 is 0 Å². The minimum absolute atomic E-state index is 0.0402. The zero-order valence-electron chi connectivity index (χ0n) is 14.9. The van der Waals surface area contributed by atoms with Gasteiger partial charge in [0, 0.05) is 30.8 Å². The average Bonchev–Trinajstić information content (AvgIpc) is 2.62. The van der Waals surface area contributed by atoms with Gasteiger partial charge in [0.15, 0.2) is 0 Å². The van der Waals surface area contributed by atoms with Crippen molar-refractivity contribution in [3.8, 4) is 0 Å². The van der Waals surface area contributed by atoms with E-state index in [1.54, 1.807) is 4.90 Å². The van der Waals surface area contributed by atoms with Crippen molar-refractivity contribution in [3.05, 3.63) is 69.6 Å². The number of nitrogens with zero attached hydrogens (tertiary/aromatic N) is 2. The normalized spacial score (nSPS) is 21.2. The van der Waals surface area contributed by atoms with Crippen molar-refractivity contribution in [1.82, 2.24) is 14.8 Å². The average molecular weight is 351 g/mol. The summed E-state index contributed by atoms with van der Waals surface area (Å²) in [5.74, 6) is -0.279. The number of hydrogen-bond acceptors (Lipinski definition) is 3. The molecule has 2 aliphatic heterocycles. The highest BCUT2D eigenvalue weighted by atomic mass is 16.2. The summed E-state index contributed by atoms with van der Waals surface area (Å²) in [6.07, 6.45) is 1.40. The molecular formula is C20H21N3O3. The van der Waals surface area contributed by atoms with E-state index in [4.69, 9.17) is 0 Å². The van der Waals surface area contributed by atoms with Crippen LogP contribution in [0.2, 0.25) is 0 Å². The van der Waals surface area contributed by atoms with Gasteiger partial charge in [-0.2, -0.15) is 0 Å². The molecule has 26 heavy (non-hydrogen) atoms. The molecule has 1 aromatic heterocycles. The molecule has 1 fully saturated rings. The van der Waals surface area contributed by atoms with Gasteiger partial charge in [0.1, 0.15) is 6.54 Å². The fraction of sp³-hybridized carbons (Fsp3) is 0.350. The van der Waals surface area contributed by atoms with Gasteiger partial charge in [-0.1, -0.05) is 38.1 Å². The monoisotopic (exact) mass is 351 g/mol. The van der Waals surface area contributed by atoms with Crippen LogP contribution >= 0.6 is 0 Å². The van der Waals surface area contributed by atoms with Crippen LogP contribution in [-0.4, -0.2) is 46.2 Å². The molecular weight excluding hydrogens is 330 g/mol. The minimum Gasteiger partial charge on any atom is -0.331 e. The minimum atomic E-state index is -0.258. The third-order valence-electron chi connectivity index (χ3n) is 5.35. The molecule has 1 atom stereocenters. The van der Waals surface area contributed by atoms with Crippen molar-refractivity contribution in [1.29, 1.82) is 0 Å². The largest absolute Gasteiger partial charge is 0.331 e. The second-order valence-electron chi connectivity index (χ2n) is 7.64. The first-order valence-electron chi connectivity index (χ1n) is 8.74. The Hall–Kier alpha value is -2.89. The highest BCUT2D eigenvalue weighted by Crippen LogP contribution is 2.41. The number of H-pyrrole nitrogens is 1. The zero-order valence-corrected chi connectivity index (χ0v) is 14.9. The van der Waals surface area contributed by atoms with E-state index in [1.807, 2.05) is 17.0 Å². The Morgan fingerprint density at radius 2 is 1.92 bits per heavy atom. The molecule has 1 saturated heterocycles. The number of rotatable bonds is 1. The number of piperazine rings is 1. The molecule has 4 rings (SSSR count). The molecule has 1 unspecified atom stereocenters. The van der Waals surface area contributed by atoms with Gasteiger partial charge < -0.3 is 14.8 Å². The van der Waals surface area contributed by atoms with Gasteiger partial charge in [-0.15, -0.1) is 0 Å². The van der Waals surface area contributed by atoms with Crippen LogP contribution in [0.25, 0.3) is 0 Å². The first kappa shape index (κ1) is 16.6. The number of aromatic amines is 1. The van der Waals surface area contributed by atoms with Gasteiger partial charge in [0.2, 0.25) is 11.5 Å². The molecule has 2 amide bonds. The predicted molar refractivity (Wildman–Crippen MR) is 96.9 cm³/mol. The number of amides is 2. The predicted octanol–water partition coefficient (Wildman–Crippen LogP) is 1.69. The van der Waals surface area contributed by atoms with Crippen LogP contribution < -0.4 is 5.56 Å². The van der Waals surface area contributed by atoms with Crippen molar-refractivity contribution in [3.63, 3.8) is 0 Å². The summed E-state index contributed by atoms with van der Waals surface area (Å²) in [5.41, 5.74) is 2.35. The SMILES string of the molecule is CC1(C)CN2C(=O)CN(C(=O)c3ccc(=O)[nH]c3)CC2c2ccccc21. The van der Waals surface area contributed by atoms with Gasteiger partial charge in [0.05, 0.1) is 11.6 Å². The molecule has 1 N–H and O–H groups in total. The second kappa shape index (κ2) is 5.83. The number of fused-ring (bicyclic) bond motifs is 3. The molecule has 0 saturated carbocycles. The summed E-state index contributed by atoms with van der Waals surface area (Å²) in [4.78, 5) is 42.8. The highest BCUT2D eigenvalue weighted by molar-refractivity contribution is 5.97. The Balaban J connectivity index is 1.68. The lowest BCUT2D eigenvalue weighted by atomic mass is 9.75. The molecule has 6 nitrogen and oxygen atoms in total. The number of benzene rings is 1. The maximum absolute atomic E-state index is 12.8. The van der Waals surface area contributed by atoms with E-state index >= 15 is 0 Å². The summed E-state index contributed by atoms with van der Waals surface area (Å²) in [5, 5.41) is 0. The van der Waals surface area contributed by atoms with Crippen LogP contribution in [0.5, 0.6) is 0 Å². The summed E-state index contributed by atoms with van der Waals surface area (Å²) < 4.78 is 0. The fourth-order valence-electron chi connectivity index (χ4n) is 4.06. The zero-order chi connectivity index (χ0) is 18.5. The molecule has 0 radical (unpaired) electrons. The Morgan fingerprint density at radius 3 is 2.65 bits per heavy atom. The summed E-state index contributed by atoms with van der Waals surface area (Å²) in [7, 11) is 0. The third kappa shape index (κ3) is 2.62. The number of aromatic nitrogens is 1. The van der Waals surface area contributed by atoms with E-state index in [0.29, 0.717) is 18.7 Å². The van der Waals surface area contributed by atoms with Crippen LogP contribution in [0.15, 0.2) is 47.4 Å². The molecule has 134 valence electrons. The molecule has 6 heteroatoms. The van der Waals surface area contributed by atoms with E-state index in [0.717, 1.165) is 5.56 Å². The summed E-state index contributed by atoms with van der Waals surface area (Å²) >= 11 is 0. The third-order valence-corrected chi connectivity index (χ3v) is 5.35. The van der Waals surface area contributed by atoms with Crippen LogP contribution in [0.1, 0.15) is 41.4 Å². The van der Waals surface area contributed by atoms with Crippen LogP contribution in [-0.2, 0) is 10.2 Å². The van der Waals surface area contributed by atoms with E-state index in [2.05, 4.69) is 31.0 Å². The number of pyridine rings is 1. The van der Waals surface area contributed by atoms with Crippen molar-refractivity contribution in [2.24, 2.45) is 0 Å². The second-order valence-corrected chi connectivity index (χ2v) is 7.64. The van der Waals surface area contributed by atoms with Crippen molar-refractivity contribution >= 4 is 11.8 Å². The number of hydrogen-bond donors (Lipinski definition) is 1. The summed E-state index contributed by atoms with van der Waals surface area (Å²) in [6.45, 7) is 5.46. The standard InChI is InChI=1S/C20H21N3O3/c1-20(2)12-23-16(14-5-3-4-6-15(14)20)10-22(11-18(23)25)19(26)13-7-8-17(24)21-9-13/h3-9,16H,10-12H2,1-2H3,(H,21,24). The Kier molecular flexibility index (Phi) is 3.72. The number of carbonyl (C=O) groups is 2. The highest BCUT2D eigenvalue weighted by Gasteiger charge is 2.44. The van der Waals surface area contributed by atoms with Crippen molar-refractivity contribution in [2.75, 3.05) is 19.6 Å². The number of carbonyl (C=O) groups excluding carboxylic acids is 2. The first-order valence-corrected chi connectivity index (χ1v) is 8.74. The van der Waals surface area contributed by atoms with Gasteiger partial charge in [0.25, 0.3) is 5.91 Å². The van der Waals surface area contributed by atoms with Gasteiger partial charge in [-0.25, -0.2) is 0 Å². The topological polar surface area (TPSA) is 73.5 Å². The van der Waals surface area contributed by atoms with Gasteiger partial charge in [-0.05, 0) is 17.2 Å². The molecule has 2 aromatic rings. The maximum atomic E-state index is 12.8. The lowest BCUT2D eigenvalue weighted by molar-refractivity contribution is -0.140. The Labute approximate surface area is 151 Å². The van der Waals surface area contributed by atoms with E-state index in [1.165, 1.54) is 23.9 Å². The molecule has 0 aliphatic carbocycles. The molecule has 3 heterocycles. The smallest absolute Gasteiger partial charge is 0.255 e. The van der Waals surface area contributed by atoms with Crippen molar-refractivity contribution in [2.45, 2.75) is 25.3 Å². The van der Waals surface area contributed by atoms with Crippen LogP contribution in [0.3, 0.4) is 0 Å². The molecule has 0 bridgehead atoms. The Morgan fingerprint density at radius 1 is 1.15 bits per heavy atom. The summed E-state index contributed by atoms with van der Waals surface area (Å²) in [6, 6.07) is 10.8. The molecule has 0 spiro atoms. The maximum Gasteiger partial charge on any atom is 0.255 e. The number of nitrogens with one attached hydrogen (secondary N) is 1. The van der Waals surface area contributed by atoms with E-state index in [9.17, 15) is 14.4 Å². The van der Waals surface area contributed by atoms with E-state index in [-0.39, 0.29) is 35.4 Å². The van der Waals surface area contributed by atoms with Crippen LogP contribution in [0, 0.1) is 0 Å². The van der Waals surface area contributed by atoms with Gasteiger partial charge in [-0.3, -0.25) is 14.4 Å². The lowest BCUT2D eigenvalue weighted by Crippen LogP contribution is -2.58. The molecule has 1 aromatic carbocycles. The lowest BCUT2D eigenvalue weighted by Gasteiger charge is -2.49. The first-order chi connectivity index (χ1) is 12.4. The molecule has 2 aliphatic rings. The quantitative estimate of drug-likeness (QED) is 0.850. The van der Waals surface area contributed by atoms with Crippen LogP contribution in [0.4, 0.5) is 0 Å². The van der Waals surface area contributed by atoms with Crippen molar-refractivity contribution < 1.29 is 9.59 Å². The fourth-order valence-corrected chi connectivity index (χ4v) is 4.06.